The van der Waals surface area contributed by atoms with Crippen molar-refractivity contribution in [3.8, 4) is 0 Å². The fourth-order valence-electron chi connectivity index (χ4n) is 9.41. The van der Waals surface area contributed by atoms with E-state index in [4.69, 9.17) is 0 Å². The Bertz CT molecular complexity index is 6430. The van der Waals surface area contributed by atoms with Crippen molar-refractivity contribution in [1.82, 2.24) is 0 Å². The van der Waals surface area contributed by atoms with Crippen LogP contribution in [0.2, 0.25) is 0 Å². The largest absolute Gasteiger partial charge is 1.00 e. The molecule has 0 heterocycles. The number of hydrogen-bond donors (Lipinski definition) is 7. The van der Waals surface area contributed by atoms with E-state index in [1.165, 1.54) is 91.0 Å². The first-order valence-electron chi connectivity index (χ1n) is 27.9. The minimum absolute atomic E-state index is 0. The molecule has 0 aromatic heterocycles. The van der Waals surface area contributed by atoms with Crippen LogP contribution in [-0.4, -0.2) is 109 Å². The van der Waals surface area contributed by atoms with E-state index in [9.17, 15) is 109 Å². The van der Waals surface area contributed by atoms with Gasteiger partial charge < -0.3 is 9.76 Å². The van der Waals surface area contributed by atoms with Gasteiger partial charge in [0.15, 0.2) is 0 Å². The fourth-order valence-corrected chi connectivity index (χ4v) is 14.9. The van der Waals surface area contributed by atoms with Crippen LogP contribution in [0.25, 0.3) is 45.8 Å². The molecular formula is C60H41N10NaO25S8. The predicted molar refractivity (Wildman–Crippen MR) is 363 cm³/mol. The first kappa shape index (κ1) is 78.4. The summed E-state index contributed by atoms with van der Waals surface area (Å²) >= 11 is 0. The van der Waals surface area contributed by atoms with Crippen LogP contribution in [0.15, 0.2) is 267 Å². The summed E-state index contributed by atoms with van der Waals surface area (Å²) in [6.45, 7) is 0. The van der Waals surface area contributed by atoms with Crippen LogP contribution in [0.3, 0.4) is 0 Å². The average molecular weight is 1580 g/mol. The second kappa shape index (κ2) is 30.2. The molecule has 0 spiro atoms. The van der Waals surface area contributed by atoms with Gasteiger partial charge in [-0.3, -0.25) is 31.9 Å². The molecule has 10 aromatic carbocycles. The molecule has 0 radical (unpaired) electrons. The van der Waals surface area contributed by atoms with Crippen LogP contribution in [0.1, 0.15) is 22.3 Å². The van der Waals surface area contributed by atoms with Gasteiger partial charge in [-0.25, -0.2) is 8.42 Å². The molecule has 0 unspecified atom stereocenters. The quantitative estimate of drug-likeness (QED) is 0.00827. The Morgan fingerprint density at radius 3 is 0.865 bits per heavy atom. The van der Waals surface area contributed by atoms with Gasteiger partial charge >= 0.3 is 29.6 Å². The van der Waals surface area contributed by atoms with E-state index in [0.717, 1.165) is 91.0 Å². The summed E-state index contributed by atoms with van der Waals surface area (Å²) in [4.78, 5) is -6.88. The summed E-state index contributed by atoms with van der Waals surface area (Å²) in [5.74, 6) is 0. The number of benzene rings is 10. The Morgan fingerprint density at radius 2 is 0.538 bits per heavy atom. The normalized spacial score (nSPS) is 13.4. The third-order valence-electron chi connectivity index (χ3n) is 14.1. The zero-order valence-corrected chi connectivity index (χ0v) is 60.4. The molecule has 7 N–H and O–H groups in total. The van der Waals surface area contributed by atoms with Gasteiger partial charge in [-0.15, -0.1) is 0 Å². The van der Waals surface area contributed by atoms with Gasteiger partial charge in [0.05, 0.1) is 60.2 Å². The van der Waals surface area contributed by atoms with Crippen LogP contribution < -0.4 is 29.6 Å². The minimum atomic E-state index is -5.23. The SMILES string of the molecule is O=S(=O)([O-])c1cc(S(=O)(=O)O)cc2ccc(N=Nc3ccc(N=Nc4ccc(/C=C/c5ccc(N=[N+]([O-])c6ccc(/C=C/c7ccc(N=Nc8ccc(N=Nc9ccc%10cc(S(=O)(=O)O)cc(S(=O)(=O)O)c%10c9)cc8)cc7S(=O)(=O)O)c(S(=O)(=O)O)c6)cc5S(=O)(=O)O)c(S(=O)(=O)O)c4)cc3)cc12.[Na+]. The first-order chi connectivity index (χ1) is 47.9. The van der Waals surface area contributed by atoms with Crippen molar-refractivity contribution >= 4 is 184 Å². The van der Waals surface area contributed by atoms with E-state index in [-0.39, 0.29) is 124 Å². The van der Waals surface area contributed by atoms with Crippen molar-refractivity contribution < 1.29 is 138 Å². The molecule has 10 rings (SSSR count). The molecule has 0 aliphatic carbocycles. The molecule has 0 aliphatic heterocycles. The van der Waals surface area contributed by atoms with Gasteiger partial charge in [-0.1, -0.05) is 59.5 Å². The first-order valence-corrected chi connectivity index (χ1v) is 39.4. The minimum Gasteiger partial charge on any atom is -0.744 e. The van der Waals surface area contributed by atoms with E-state index < -0.39 is 131 Å². The number of hydrogen-bond acceptors (Lipinski definition) is 27. The Hall–Kier alpha value is -9.72. The summed E-state index contributed by atoms with van der Waals surface area (Å²) in [6.07, 6.45) is 4.07. The van der Waals surface area contributed by atoms with E-state index in [1.54, 1.807) is 0 Å². The van der Waals surface area contributed by atoms with Gasteiger partial charge in [0.1, 0.15) is 40.3 Å². The van der Waals surface area contributed by atoms with E-state index in [2.05, 4.69) is 46.0 Å². The molecular weight excluding hydrogens is 1540 g/mol. The summed E-state index contributed by atoms with van der Waals surface area (Å²) in [5.41, 5.74) is -1.57. The maximum atomic E-state index is 13.4. The van der Waals surface area contributed by atoms with Crippen molar-refractivity contribution in [3.63, 3.8) is 0 Å². The average Bonchev–Trinajstić information content (AvgIpc) is 0.778. The molecule has 530 valence electrons. The Morgan fingerprint density at radius 1 is 0.279 bits per heavy atom. The second-order valence-corrected chi connectivity index (χ2v) is 32.3. The van der Waals surface area contributed by atoms with Crippen LogP contribution >= 0.6 is 0 Å². The van der Waals surface area contributed by atoms with Crippen molar-refractivity contribution in [1.29, 1.82) is 0 Å². The van der Waals surface area contributed by atoms with Gasteiger partial charge in [-0.2, -0.15) is 99.8 Å². The predicted octanol–water partition coefficient (Wildman–Crippen LogP) is 10.6. The maximum absolute atomic E-state index is 13.4. The molecule has 35 nitrogen and oxygen atoms in total. The summed E-state index contributed by atoms with van der Waals surface area (Å²) in [7, 11) is -40.5. The molecule has 0 aliphatic rings. The second-order valence-electron chi connectivity index (χ2n) is 21.2. The fraction of sp³-hybridized carbons (Fsp3) is 0. The zero-order chi connectivity index (χ0) is 75.0. The van der Waals surface area contributed by atoms with Crippen LogP contribution in [0.5, 0.6) is 0 Å². The van der Waals surface area contributed by atoms with Gasteiger partial charge in [0.2, 0.25) is 5.69 Å². The van der Waals surface area contributed by atoms with Crippen LogP contribution in [-0.2, 0) is 80.9 Å². The molecule has 44 heteroatoms. The van der Waals surface area contributed by atoms with E-state index in [1.807, 2.05) is 0 Å². The van der Waals surface area contributed by atoms with Crippen molar-refractivity contribution in [3.05, 3.63) is 209 Å². The van der Waals surface area contributed by atoms with Crippen molar-refractivity contribution in [2.75, 3.05) is 0 Å². The molecule has 10 aromatic rings. The Labute approximate surface area is 611 Å². The number of fused-ring (bicyclic) bond motifs is 2. The zero-order valence-electron chi connectivity index (χ0n) is 51.8. The molecule has 0 amide bonds. The molecule has 104 heavy (non-hydrogen) atoms. The van der Waals surface area contributed by atoms with Gasteiger partial charge in [-0.05, 0) is 173 Å². The number of rotatable bonds is 22. The molecule has 0 bridgehead atoms. The van der Waals surface area contributed by atoms with Crippen LogP contribution in [0.4, 0.5) is 56.9 Å². The molecule has 0 saturated heterocycles. The number of azo groups is 5. The smallest absolute Gasteiger partial charge is 0.744 e. The van der Waals surface area contributed by atoms with Gasteiger partial charge in [0, 0.05) is 28.0 Å². The Kier molecular flexibility index (Phi) is 22.7. The summed E-state index contributed by atoms with van der Waals surface area (Å²) < 4.78 is 278. The van der Waals surface area contributed by atoms with Crippen molar-refractivity contribution in [2.24, 2.45) is 46.0 Å². The van der Waals surface area contributed by atoms with E-state index >= 15 is 0 Å². The summed E-state index contributed by atoms with van der Waals surface area (Å²) in [6, 6.07) is 34.0. The van der Waals surface area contributed by atoms with E-state index in [0.29, 0.717) is 24.3 Å². The summed E-state index contributed by atoms with van der Waals surface area (Å²) in [5, 5.41) is 49.0. The molecule has 0 atom stereocenters. The third-order valence-corrected chi connectivity index (χ3v) is 21.2. The third kappa shape index (κ3) is 19.6. The van der Waals surface area contributed by atoms with Gasteiger partial charge in [0.25, 0.3) is 70.8 Å². The number of nitrogens with zero attached hydrogens (tertiary/aromatic N) is 10. The van der Waals surface area contributed by atoms with Crippen molar-refractivity contribution in [2.45, 2.75) is 39.2 Å². The Balaban J connectivity index is 0.0000125. The van der Waals surface area contributed by atoms with Crippen LogP contribution in [0, 0.1) is 5.21 Å². The molecule has 0 fully saturated rings. The maximum Gasteiger partial charge on any atom is 1.00 e. The molecule has 0 saturated carbocycles. The topological polar surface area (TPSA) is 575 Å². The monoisotopic (exact) mass is 1580 g/mol. The standard InChI is InChI=1S/C60H42N10O25S8.Na/c71-70(50-24-10-38(58(32-50)101(87,88)89)4-3-36-6-12-48(30-56(36)99(81,82)83)68-64-44-22-18-42(19-23-44)62-66-46-14-9-40-26-52(97(75,76)77)34-60(54(40)28-46)103(93,94)95)69-49-15-7-37(57(31-49)100(84,85)86)2-1-35-5-11-47(29-55(35)98(78,79)80)67-63-43-20-16-41(17-21-43)61-65-45-13-8-39-25-51(96(72,73)74)33-59(53(39)27-45)102(90,91)92;/h1-34H,(H,72,73,74)(H,75,76,77)(H,78,79,80)(H,81,82,83)(H,84,85,86)(H,87,88,89)(H,90,91,92)(H,93,94,95);/q;+1/p-1/b2-1+,4-3+,65-61?,66-62?,67-63?,68-64?,70-69?;.